The fraction of sp³-hybridized carbons (Fsp3) is 0.188. The minimum Gasteiger partial charge on any atom is -0.489 e. The molecule has 0 bridgehead atoms. The molecule has 1 heterocycles. The number of sulfonamides is 1. The number of rotatable bonds is 7. The molecule has 3 unspecified atom stereocenters. The lowest BCUT2D eigenvalue weighted by molar-refractivity contribution is 0.306. The molecule has 4 aromatic carbocycles. The first kappa shape index (κ1) is 24.3. The Morgan fingerprint density at radius 2 is 1.61 bits per heavy atom. The Bertz CT molecular complexity index is 1550. The Labute approximate surface area is 224 Å². The second-order valence-corrected chi connectivity index (χ2v) is 11.8. The summed E-state index contributed by atoms with van der Waals surface area (Å²) < 4.78 is 34.2. The SMILES string of the molecule is CN(c1ccccc1)S(=O)(=O)c1ccc2c(c1)C1C=CCC1C(c1ccc(OCc3ccccc3)cc1)N2. The Hall–Kier alpha value is -4.03. The summed E-state index contributed by atoms with van der Waals surface area (Å²) >= 11 is 0. The molecule has 5 nitrogen and oxygen atoms in total. The number of fused-ring (bicyclic) bond motifs is 3. The van der Waals surface area contributed by atoms with Gasteiger partial charge in [-0.2, -0.15) is 0 Å². The van der Waals surface area contributed by atoms with Crippen LogP contribution >= 0.6 is 0 Å². The van der Waals surface area contributed by atoms with Gasteiger partial charge in [-0.05, 0) is 71.5 Å². The molecule has 6 heteroatoms. The third kappa shape index (κ3) is 4.56. The topological polar surface area (TPSA) is 58.6 Å². The molecule has 6 rings (SSSR count). The Balaban J connectivity index is 1.24. The van der Waals surface area contributed by atoms with Crippen LogP contribution in [0.1, 0.15) is 35.1 Å². The maximum absolute atomic E-state index is 13.4. The van der Waals surface area contributed by atoms with Gasteiger partial charge in [-0.1, -0.05) is 72.8 Å². The molecule has 0 saturated carbocycles. The highest BCUT2D eigenvalue weighted by Crippen LogP contribution is 2.50. The average Bonchev–Trinajstić information content (AvgIpc) is 3.47. The zero-order chi connectivity index (χ0) is 26.1. The van der Waals surface area contributed by atoms with Crippen molar-refractivity contribution in [2.45, 2.75) is 29.9 Å². The van der Waals surface area contributed by atoms with Gasteiger partial charge < -0.3 is 10.1 Å². The van der Waals surface area contributed by atoms with Crippen molar-refractivity contribution in [3.05, 3.63) is 132 Å². The molecular formula is C32H30N2O3S. The van der Waals surface area contributed by atoms with Crippen LogP contribution in [-0.2, 0) is 16.6 Å². The summed E-state index contributed by atoms with van der Waals surface area (Å²) in [5, 5.41) is 3.71. The summed E-state index contributed by atoms with van der Waals surface area (Å²) in [7, 11) is -2.08. The van der Waals surface area contributed by atoms with Gasteiger partial charge in [0.25, 0.3) is 10.0 Å². The number of ether oxygens (including phenoxy) is 1. The number of para-hydroxylation sites is 1. The van der Waals surface area contributed by atoms with Gasteiger partial charge in [0.15, 0.2) is 0 Å². The number of allylic oxidation sites excluding steroid dienone is 2. The first-order valence-electron chi connectivity index (χ1n) is 12.9. The minimum absolute atomic E-state index is 0.125. The van der Waals surface area contributed by atoms with E-state index in [9.17, 15) is 8.42 Å². The van der Waals surface area contributed by atoms with Crippen molar-refractivity contribution < 1.29 is 13.2 Å². The van der Waals surface area contributed by atoms with Gasteiger partial charge in [0.2, 0.25) is 0 Å². The van der Waals surface area contributed by atoms with E-state index in [0.29, 0.717) is 23.1 Å². The largest absolute Gasteiger partial charge is 0.489 e. The average molecular weight is 523 g/mol. The molecule has 3 atom stereocenters. The fourth-order valence-electron chi connectivity index (χ4n) is 5.51. The lowest BCUT2D eigenvalue weighted by Crippen LogP contribution is -2.30. The van der Waals surface area contributed by atoms with Crippen LogP contribution in [0.15, 0.2) is 120 Å². The van der Waals surface area contributed by atoms with E-state index in [0.717, 1.165) is 29.0 Å². The highest BCUT2D eigenvalue weighted by molar-refractivity contribution is 7.92. The van der Waals surface area contributed by atoms with Crippen molar-refractivity contribution in [3.8, 4) is 5.75 Å². The van der Waals surface area contributed by atoms with Crippen molar-refractivity contribution >= 4 is 21.4 Å². The van der Waals surface area contributed by atoms with Crippen LogP contribution in [0.25, 0.3) is 0 Å². The molecule has 1 aliphatic carbocycles. The van der Waals surface area contributed by atoms with E-state index in [1.54, 1.807) is 25.2 Å². The van der Waals surface area contributed by atoms with E-state index in [-0.39, 0.29) is 12.0 Å². The van der Waals surface area contributed by atoms with Crippen molar-refractivity contribution in [2.24, 2.45) is 5.92 Å². The van der Waals surface area contributed by atoms with Crippen LogP contribution in [-0.4, -0.2) is 15.5 Å². The Morgan fingerprint density at radius 1 is 0.895 bits per heavy atom. The summed E-state index contributed by atoms with van der Waals surface area (Å²) in [5.41, 5.74) is 4.98. The lowest BCUT2D eigenvalue weighted by atomic mass is 9.77. The Morgan fingerprint density at radius 3 is 2.34 bits per heavy atom. The predicted octanol–water partition coefficient (Wildman–Crippen LogP) is 6.92. The molecule has 4 aromatic rings. The summed E-state index contributed by atoms with van der Waals surface area (Å²) in [6.07, 6.45) is 5.38. The summed E-state index contributed by atoms with van der Waals surface area (Å²) in [4.78, 5) is 0.307. The molecule has 1 aliphatic heterocycles. The second-order valence-electron chi connectivity index (χ2n) is 9.88. The number of hydrogen-bond acceptors (Lipinski definition) is 4. The molecule has 0 spiro atoms. The van der Waals surface area contributed by atoms with E-state index in [4.69, 9.17) is 4.74 Å². The van der Waals surface area contributed by atoms with Crippen LogP contribution in [0.5, 0.6) is 5.75 Å². The number of nitrogens with zero attached hydrogens (tertiary/aromatic N) is 1. The monoisotopic (exact) mass is 522 g/mol. The molecule has 1 N–H and O–H groups in total. The van der Waals surface area contributed by atoms with E-state index in [1.807, 2.05) is 60.7 Å². The molecule has 0 amide bonds. The third-order valence-corrected chi connectivity index (χ3v) is 9.38. The quantitative estimate of drug-likeness (QED) is 0.268. The van der Waals surface area contributed by atoms with Crippen molar-refractivity contribution in [2.75, 3.05) is 16.7 Å². The number of anilines is 2. The van der Waals surface area contributed by atoms with E-state index in [1.165, 1.54) is 9.87 Å². The zero-order valence-electron chi connectivity index (χ0n) is 21.2. The maximum Gasteiger partial charge on any atom is 0.264 e. The number of nitrogens with one attached hydrogen (secondary N) is 1. The first-order chi connectivity index (χ1) is 18.5. The highest BCUT2D eigenvalue weighted by Gasteiger charge is 2.38. The van der Waals surface area contributed by atoms with Gasteiger partial charge in [0.1, 0.15) is 12.4 Å². The maximum atomic E-state index is 13.4. The zero-order valence-corrected chi connectivity index (χ0v) is 22.0. The van der Waals surface area contributed by atoms with Gasteiger partial charge >= 0.3 is 0 Å². The normalized spacial score (nSPS) is 19.8. The number of benzene rings is 4. The summed E-state index contributed by atoms with van der Waals surface area (Å²) in [5.74, 6) is 1.30. The summed E-state index contributed by atoms with van der Waals surface area (Å²) in [6, 6.07) is 33.2. The molecule has 0 radical (unpaired) electrons. The molecule has 2 aliphatic rings. The van der Waals surface area contributed by atoms with Crippen LogP contribution < -0.4 is 14.4 Å². The van der Waals surface area contributed by atoms with Crippen LogP contribution in [0.4, 0.5) is 11.4 Å². The molecule has 0 aromatic heterocycles. The third-order valence-electron chi connectivity index (χ3n) is 7.60. The van der Waals surface area contributed by atoms with E-state index >= 15 is 0 Å². The number of hydrogen-bond donors (Lipinski definition) is 1. The van der Waals surface area contributed by atoms with E-state index < -0.39 is 10.0 Å². The smallest absolute Gasteiger partial charge is 0.264 e. The van der Waals surface area contributed by atoms with Gasteiger partial charge in [-0.15, -0.1) is 0 Å². The van der Waals surface area contributed by atoms with Gasteiger partial charge in [0.05, 0.1) is 16.6 Å². The Kier molecular flexibility index (Phi) is 6.42. The lowest BCUT2D eigenvalue weighted by Gasteiger charge is -2.38. The van der Waals surface area contributed by atoms with Crippen LogP contribution in [0.2, 0.25) is 0 Å². The van der Waals surface area contributed by atoms with Gasteiger partial charge in [-0.3, -0.25) is 4.31 Å². The highest BCUT2D eigenvalue weighted by atomic mass is 32.2. The molecule has 0 fully saturated rings. The molecule has 38 heavy (non-hydrogen) atoms. The fourth-order valence-corrected chi connectivity index (χ4v) is 6.74. The van der Waals surface area contributed by atoms with Gasteiger partial charge in [0, 0.05) is 18.7 Å². The molecule has 0 saturated heterocycles. The van der Waals surface area contributed by atoms with Crippen molar-refractivity contribution in [1.29, 1.82) is 0 Å². The van der Waals surface area contributed by atoms with Crippen LogP contribution in [0, 0.1) is 5.92 Å². The molecular weight excluding hydrogens is 492 g/mol. The first-order valence-corrected chi connectivity index (χ1v) is 14.3. The van der Waals surface area contributed by atoms with Gasteiger partial charge in [-0.25, -0.2) is 8.42 Å². The van der Waals surface area contributed by atoms with Crippen LogP contribution in [0.3, 0.4) is 0 Å². The van der Waals surface area contributed by atoms with Crippen molar-refractivity contribution in [1.82, 2.24) is 0 Å². The summed E-state index contributed by atoms with van der Waals surface area (Å²) in [6.45, 7) is 0.536. The predicted molar refractivity (Wildman–Crippen MR) is 152 cm³/mol. The second kappa shape index (κ2) is 10.0. The minimum atomic E-state index is -3.68. The van der Waals surface area contributed by atoms with Crippen molar-refractivity contribution in [3.63, 3.8) is 0 Å². The standard InChI is InChI=1S/C32H30N2O3S/c1-34(25-11-6-3-7-12-25)38(35,36)27-19-20-31-30(21-27)28-13-8-14-29(28)32(33-31)24-15-17-26(18-16-24)37-22-23-9-4-2-5-10-23/h2-13,15-21,28-29,32-33H,14,22H2,1H3. The molecule has 192 valence electrons. The van der Waals surface area contributed by atoms with E-state index in [2.05, 4.69) is 41.7 Å².